The van der Waals surface area contributed by atoms with Gasteiger partial charge in [0.25, 0.3) is 0 Å². The number of halogens is 1. The van der Waals surface area contributed by atoms with E-state index in [1.54, 1.807) is 0 Å². The van der Waals surface area contributed by atoms with Gasteiger partial charge in [0, 0.05) is 17.1 Å². The van der Waals surface area contributed by atoms with Crippen molar-refractivity contribution in [1.82, 2.24) is 0 Å². The van der Waals surface area contributed by atoms with Gasteiger partial charge in [0.15, 0.2) is 0 Å². The van der Waals surface area contributed by atoms with Gasteiger partial charge in [-0.3, -0.25) is 0 Å². The van der Waals surface area contributed by atoms with E-state index in [-0.39, 0.29) is 6.04 Å². The van der Waals surface area contributed by atoms with Crippen molar-refractivity contribution >= 4 is 15.9 Å². The molecule has 0 aromatic heterocycles. The van der Waals surface area contributed by atoms with Crippen LogP contribution < -0.4 is 5.73 Å². The molecule has 2 nitrogen and oxygen atoms in total. The van der Waals surface area contributed by atoms with Gasteiger partial charge in [0.05, 0.1) is 6.10 Å². The maximum Gasteiger partial charge on any atom is 0.0590 e. The van der Waals surface area contributed by atoms with Gasteiger partial charge in [-0.25, -0.2) is 0 Å². The Balaban J connectivity index is 1.79. The topological polar surface area (TPSA) is 35.2 Å². The molecular formula is C14H20BrNO. The Bertz CT molecular complexity index is 333. The lowest BCUT2D eigenvalue weighted by Gasteiger charge is -2.25. The zero-order valence-electron chi connectivity index (χ0n) is 10.1. The number of hydrogen-bond donors (Lipinski definition) is 1. The second kappa shape index (κ2) is 6.53. The van der Waals surface area contributed by atoms with Gasteiger partial charge >= 0.3 is 0 Å². The minimum absolute atomic E-state index is 0.208. The third-order valence-electron chi connectivity index (χ3n) is 3.25. The molecule has 2 atom stereocenters. The van der Waals surface area contributed by atoms with Crippen LogP contribution in [0.15, 0.2) is 28.7 Å². The van der Waals surface area contributed by atoms with Crippen molar-refractivity contribution in [2.24, 2.45) is 5.73 Å². The van der Waals surface area contributed by atoms with Gasteiger partial charge in [0.2, 0.25) is 0 Å². The van der Waals surface area contributed by atoms with Crippen molar-refractivity contribution in [1.29, 1.82) is 0 Å². The lowest BCUT2D eigenvalue weighted by atomic mass is 9.97. The largest absolute Gasteiger partial charge is 0.378 e. The van der Waals surface area contributed by atoms with E-state index in [1.165, 1.54) is 24.8 Å². The molecule has 0 saturated carbocycles. The third kappa shape index (κ3) is 4.41. The molecule has 1 heterocycles. The molecule has 1 aromatic carbocycles. The van der Waals surface area contributed by atoms with E-state index in [1.807, 2.05) is 0 Å². The molecule has 2 rings (SSSR count). The molecule has 1 saturated heterocycles. The summed E-state index contributed by atoms with van der Waals surface area (Å²) in [5, 5.41) is 0. The Morgan fingerprint density at radius 1 is 1.29 bits per heavy atom. The SMILES string of the molecule is NC(Cc1ccc(Br)cc1)CC1CCCCO1. The summed E-state index contributed by atoms with van der Waals surface area (Å²) in [7, 11) is 0. The minimum atomic E-state index is 0.208. The number of nitrogens with two attached hydrogens (primary N) is 1. The molecule has 1 aliphatic rings. The summed E-state index contributed by atoms with van der Waals surface area (Å²) >= 11 is 3.44. The standard InChI is InChI=1S/C14H20BrNO/c15-12-6-4-11(5-7-12)9-13(16)10-14-3-1-2-8-17-14/h4-7,13-14H,1-3,8-10,16H2. The zero-order valence-corrected chi connectivity index (χ0v) is 11.7. The van der Waals surface area contributed by atoms with Crippen LogP contribution in [0.2, 0.25) is 0 Å². The highest BCUT2D eigenvalue weighted by Crippen LogP contribution is 2.18. The fraction of sp³-hybridized carbons (Fsp3) is 0.571. The van der Waals surface area contributed by atoms with Crippen LogP contribution in [0.25, 0.3) is 0 Å². The molecule has 0 amide bonds. The summed E-state index contributed by atoms with van der Waals surface area (Å²) in [5.41, 5.74) is 7.49. The molecule has 0 spiro atoms. The Morgan fingerprint density at radius 2 is 2.06 bits per heavy atom. The molecule has 0 aliphatic carbocycles. The van der Waals surface area contributed by atoms with Crippen molar-refractivity contribution in [3.8, 4) is 0 Å². The molecule has 2 unspecified atom stereocenters. The first-order chi connectivity index (χ1) is 8.24. The average molecular weight is 298 g/mol. The molecule has 1 aromatic rings. The van der Waals surface area contributed by atoms with Crippen LogP contribution in [0.4, 0.5) is 0 Å². The van der Waals surface area contributed by atoms with Crippen LogP contribution in [-0.4, -0.2) is 18.8 Å². The zero-order chi connectivity index (χ0) is 12.1. The van der Waals surface area contributed by atoms with Gasteiger partial charge in [-0.15, -0.1) is 0 Å². The normalized spacial score (nSPS) is 22.4. The van der Waals surface area contributed by atoms with E-state index < -0.39 is 0 Å². The van der Waals surface area contributed by atoms with Crippen LogP contribution in [0.5, 0.6) is 0 Å². The first-order valence-electron chi connectivity index (χ1n) is 6.35. The summed E-state index contributed by atoms with van der Waals surface area (Å²) in [6, 6.07) is 8.61. The molecule has 17 heavy (non-hydrogen) atoms. The highest BCUT2D eigenvalue weighted by atomic mass is 79.9. The number of benzene rings is 1. The van der Waals surface area contributed by atoms with Crippen LogP contribution in [0.3, 0.4) is 0 Å². The van der Waals surface area contributed by atoms with Crippen molar-refractivity contribution < 1.29 is 4.74 Å². The predicted octanol–water partition coefficient (Wildman–Crippen LogP) is 3.28. The molecule has 0 bridgehead atoms. The molecule has 3 heteroatoms. The second-order valence-corrected chi connectivity index (χ2v) is 5.73. The second-order valence-electron chi connectivity index (χ2n) is 4.81. The van der Waals surface area contributed by atoms with Gasteiger partial charge < -0.3 is 10.5 Å². The van der Waals surface area contributed by atoms with E-state index in [9.17, 15) is 0 Å². The molecular weight excluding hydrogens is 278 g/mol. The van der Waals surface area contributed by atoms with Crippen molar-refractivity contribution in [3.05, 3.63) is 34.3 Å². The van der Waals surface area contributed by atoms with Crippen molar-refractivity contribution in [3.63, 3.8) is 0 Å². The van der Waals surface area contributed by atoms with Crippen molar-refractivity contribution in [2.75, 3.05) is 6.61 Å². The number of ether oxygens (including phenoxy) is 1. The smallest absolute Gasteiger partial charge is 0.0590 e. The first-order valence-corrected chi connectivity index (χ1v) is 7.15. The Morgan fingerprint density at radius 3 is 2.71 bits per heavy atom. The minimum Gasteiger partial charge on any atom is -0.378 e. The van der Waals surface area contributed by atoms with E-state index in [0.717, 1.165) is 23.9 Å². The summed E-state index contributed by atoms with van der Waals surface area (Å²) in [6.07, 6.45) is 5.97. The quantitative estimate of drug-likeness (QED) is 0.926. The summed E-state index contributed by atoms with van der Waals surface area (Å²) < 4.78 is 6.83. The highest BCUT2D eigenvalue weighted by Gasteiger charge is 2.17. The lowest BCUT2D eigenvalue weighted by Crippen LogP contribution is -2.31. The average Bonchev–Trinajstić information content (AvgIpc) is 2.33. The summed E-state index contributed by atoms with van der Waals surface area (Å²) in [4.78, 5) is 0. The first kappa shape index (κ1) is 13.1. The molecule has 0 radical (unpaired) electrons. The molecule has 1 aliphatic heterocycles. The Labute approximate surface area is 112 Å². The molecule has 94 valence electrons. The lowest BCUT2D eigenvalue weighted by molar-refractivity contribution is 0.00747. The van der Waals surface area contributed by atoms with Crippen LogP contribution in [0.1, 0.15) is 31.2 Å². The van der Waals surface area contributed by atoms with Gasteiger partial charge in [0.1, 0.15) is 0 Å². The fourth-order valence-electron chi connectivity index (χ4n) is 2.34. The van der Waals surface area contributed by atoms with E-state index in [0.29, 0.717) is 6.10 Å². The van der Waals surface area contributed by atoms with E-state index >= 15 is 0 Å². The molecule has 1 fully saturated rings. The van der Waals surface area contributed by atoms with Crippen LogP contribution in [-0.2, 0) is 11.2 Å². The molecule has 2 N–H and O–H groups in total. The van der Waals surface area contributed by atoms with E-state index in [4.69, 9.17) is 10.5 Å². The Hall–Kier alpha value is -0.380. The third-order valence-corrected chi connectivity index (χ3v) is 3.78. The van der Waals surface area contributed by atoms with E-state index in [2.05, 4.69) is 40.2 Å². The summed E-state index contributed by atoms with van der Waals surface area (Å²) in [5.74, 6) is 0. The maximum absolute atomic E-state index is 6.18. The predicted molar refractivity (Wildman–Crippen MR) is 74.0 cm³/mol. The fourth-order valence-corrected chi connectivity index (χ4v) is 2.60. The highest BCUT2D eigenvalue weighted by molar-refractivity contribution is 9.10. The van der Waals surface area contributed by atoms with Crippen LogP contribution in [0, 0.1) is 0 Å². The van der Waals surface area contributed by atoms with Gasteiger partial charge in [-0.1, -0.05) is 28.1 Å². The maximum atomic E-state index is 6.18. The van der Waals surface area contributed by atoms with Gasteiger partial charge in [-0.2, -0.15) is 0 Å². The number of rotatable bonds is 4. The number of hydrogen-bond acceptors (Lipinski definition) is 2. The summed E-state index contributed by atoms with van der Waals surface area (Å²) in [6.45, 7) is 0.912. The Kier molecular flexibility index (Phi) is 5.01. The van der Waals surface area contributed by atoms with Crippen molar-refractivity contribution in [2.45, 2.75) is 44.2 Å². The van der Waals surface area contributed by atoms with Crippen LogP contribution >= 0.6 is 15.9 Å². The van der Waals surface area contributed by atoms with Gasteiger partial charge in [-0.05, 0) is 49.8 Å². The monoisotopic (exact) mass is 297 g/mol.